The molecule has 1 aliphatic carbocycles. The van der Waals surface area contributed by atoms with E-state index in [0.717, 1.165) is 37.1 Å². The van der Waals surface area contributed by atoms with Gasteiger partial charge in [-0.1, -0.05) is 0 Å². The molecule has 1 aromatic carbocycles. The van der Waals surface area contributed by atoms with Crippen LogP contribution in [0, 0.1) is 17.0 Å². The number of hydrogen-bond acceptors (Lipinski definition) is 6. The maximum absolute atomic E-state index is 14.6. The average Bonchev–Trinajstić information content (AvgIpc) is 3.45. The second-order valence-corrected chi connectivity index (χ2v) is 8.86. The number of halogens is 2. The molecule has 0 unspecified atom stereocenters. The largest absolute Gasteiger partial charge is 0.380 e. The summed E-state index contributed by atoms with van der Waals surface area (Å²) in [5.74, 6) is -0.245. The summed E-state index contributed by atoms with van der Waals surface area (Å²) in [5.41, 5.74) is 2.31. The van der Waals surface area contributed by atoms with E-state index in [9.17, 15) is 8.78 Å². The van der Waals surface area contributed by atoms with Gasteiger partial charge in [-0.05, 0) is 54.0 Å². The van der Waals surface area contributed by atoms with Crippen molar-refractivity contribution in [3.8, 4) is 11.6 Å². The highest BCUT2D eigenvalue weighted by atomic mass is 19.2. The Morgan fingerprint density at radius 2 is 1.65 bits per heavy atom. The van der Waals surface area contributed by atoms with Gasteiger partial charge in [-0.2, -0.15) is 0 Å². The minimum atomic E-state index is -0.781. The van der Waals surface area contributed by atoms with Crippen molar-refractivity contribution in [3.63, 3.8) is 0 Å². The normalized spacial score (nSPS) is 23.7. The molecule has 31 heavy (non-hydrogen) atoms. The molecule has 1 saturated carbocycles. The van der Waals surface area contributed by atoms with Crippen molar-refractivity contribution < 1.29 is 13.5 Å². The summed E-state index contributed by atoms with van der Waals surface area (Å²) in [7, 11) is 0. The zero-order valence-electron chi connectivity index (χ0n) is 16.8. The first kappa shape index (κ1) is 18.7. The minimum Gasteiger partial charge on any atom is -0.380 e. The van der Waals surface area contributed by atoms with Crippen molar-refractivity contribution in [2.45, 2.75) is 24.7 Å². The fourth-order valence-corrected chi connectivity index (χ4v) is 4.80. The summed E-state index contributed by atoms with van der Waals surface area (Å²) in [6, 6.07) is 4.91. The molecule has 3 aliphatic rings. The number of rotatable bonds is 4. The Hall–Kier alpha value is -3.00. The molecule has 2 saturated heterocycles. The van der Waals surface area contributed by atoms with Crippen LogP contribution in [0.25, 0.3) is 11.6 Å². The summed E-state index contributed by atoms with van der Waals surface area (Å²) in [5, 5.41) is 0. The van der Waals surface area contributed by atoms with Gasteiger partial charge >= 0.3 is 0 Å². The Morgan fingerprint density at radius 3 is 2.32 bits per heavy atom. The summed E-state index contributed by atoms with van der Waals surface area (Å²) < 4.78 is 34.5. The molecular formula is C23H21F2N5O. The van der Waals surface area contributed by atoms with Gasteiger partial charge in [0.1, 0.15) is 0 Å². The number of aromatic nitrogens is 4. The second kappa shape index (κ2) is 7.02. The maximum Gasteiger partial charge on any atom is 0.197 e. The first-order valence-electron chi connectivity index (χ1n) is 10.5. The first-order chi connectivity index (χ1) is 15.1. The molecule has 4 heterocycles. The van der Waals surface area contributed by atoms with E-state index in [2.05, 4.69) is 19.9 Å². The van der Waals surface area contributed by atoms with Gasteiger partial charge in [0.05, 0.1) is 18.9 Å². The van der Waals surface area contributed by atoms with E-state index in [4.69, 9.17) is 4.74 Å². The third kappa shape index (κ3) is 3.26. The fraction of sp³-hybridized carbons (Fsp3) is 0.391. The molecular weight excluding hydrogens is 400 g/mol. The standard InChI is InChI=1S/C23H21F2N5O/c24-18-6-14(7-19(20(18)25)30-5-2-23(11-30)12-31-13-23)16-8-17(16)15-9-28-22(29-10-15)21-26-3-1-4-27-21/h1,3-4,6-7,9-10,16-17H,2,5,8,11-13H2/t16-,17+/m0/s1. The van der Waals surface area contributed by atoms with E-state index in [1.807, 2.05) is 11.0 Å². The Labute approximate surface area is 178 Å². The molecule has 0 amide bonds. The SMILES string of the molecule is Fc1cc([C@@H]2C[C@@H]2c2cnc(-c3ncccn3)nc2)cc(N2CCC3(COC3)C2)c1F. The van der Waals surface area contributed by atoms with Crippen molar-refractivity contribution in [2.24, 2.45) is 5.41 Å². The Kier molecular flexibility index (Phi) is 4.24. The van der Waals surface area contributed by atoms with Crippen molar-refractivity contribution in [1.29, 1.82) is 0 Å². The van der Waals surface area contributed by atoms with Gasteiger partial charge in [-0.3, -0.25) is 0 Å². The maximum atomic E-state index is 14.6. The van der Waals surface area contributed by atoms with Gasteiger partial charge in [0.25, 0.3) is 0 Å². The molecule has 0 radical (unpaired) electrons. The average molecular weight is 421 g/mol. The summed E-state index contributed by atoms with van der Waals surface area (Å²) >= 11 is 0. The van der Waals surface area contributed by atoms with Crippen molar-refractivity contribution >= 4 is 5.69 Å². The van der Waals surface area contributed by atoms with E-state index in [1.165, 1.54) is 6.07 Å². The Morgan fingerprint density at radius 1 is 0.935 bits per heavy atom. The molecule has 0 N–H and O–H groups in total. The molecule has 8 heteroatoms. The molecule has 2 atom stereocenters. The molecule has 6 rings (SSSR count). The topological polar surface area (TPSA) is 64.0 Å². The van der Waals surface area contributed by atoms with Crippen LogP contribution in [-0.2, 0) is 4.74 Å². The van der Waals surface area contributed by atoms with Crippen LogP contribution in [0.3, 0.4) is 0 Å². The van der Waals surface area contributed by atoms with Gasteiger partial charge < -0.3 is 9.64 Å². The molecule has 1 spiro atoms. The van der Waals surface area contributed by atoms with E-state index < -0.39 is 11.6 Å². The lowest BCUT2D eigenvalue weighted by molar-refractivity contribution is -0.0985. The highest BCUT2D eigenvalue weighted by molar-refractivity contribution is 5.54. The Balaban J connectivity index is 1.22. The molecule has 3 aromatic rings. The number of anilines is 1. The van der Waals surface area contributed by atoms with Crippen LogP contribution in [0.1, 0.15) is 35.8 Å². The zero-order chi connectivity index (χ0) is 21.0. The lowest BCUT2D eigenvalue weighted by Crippen LogP contribution is -2.44. The van der Waals surface area contributed by atoms with Crippen LogP contribution in [0.4, 0.5) is 14.5 Å². The van der Waals surface area contributed by atoms with Gasteiger partial charge in [0, 0.05) is 43.3 Å². The monoisotopic (exact) mass is 421 g/mol. The summed E-state index contributed by atoms with van der Waals surface area (Å²) in [4.78, 5) is 19.1. The molecule has 2 aromatic heterocycles. The lowest BCUT2D eigenvalue weighted by Gasteiger charge is -2.37. The molecule has 6 nitrogen and oxygen atoms in total. The van der Waals surface area contributed by atoms with Gasteiger partial charge in [0.2, 0.25) is 0 Å². The van der Waals surface area contributed by atoms with Crippen LogP contribution < -0.4 is 4.90 Å². The van der Waals surface area contributed by atoms with Crippen LogP contribution in [-0.4, -0.2) is 46.2 Å². The predicted octanol–water partition coefficient (Wildman–Crippen LogP) is 3.71. The first-order valence-corrected chi connectivity index (χ1v) is 10.5. The van der Waals surface area contributed by atoms with Gasteiger partial charge in [-0.25, -0.2) is 28.7 Å². The molecule has 3 fully saturated rings. The summed E-state index contributed by atoms with van der Waals surface area (Å²) in [6.45, 7) is 2.87. The molecule has 2 aliphatic heterocycles. The third-order valence-corrected chi connectivity index (χ3v) is 6.71. The van der Waals surface area contributed by atoms with E-state index in [1.54, 1.807) is 30.9 Å². The highest BCUT2D eigenvalue weighted by Crippen LogP contribution is 2.55. The quantitative estimate of drug-likeness (QED) is 0.640. The van der Waals surface area contributed by atoms with Crippen LogP contribution in [0.15, 0.2) is 43.0 Å². The fourth-order valence-electron chi connectivity index (χ4n) is 4.80. The Bertz CT molecular complexity index is 1120. The van der Waals surface area contributed by atoms with Gasteiger partial charge in [-0.15, -0.1) is 0 Å². The summed E-state index contributed by atoms with van der Waals surface area (Å²) in [6.07, 6.45) is 8.69. The van der Waals surface area contributed by atoms with Crippen molar-refractivity contribution in [3.05, 3.63) is 65.7 Å². The van der Waals surface area contributed by atoms with Gasteiger partial charge in [0.15, 0.2) is 23.3 Å². The number of hydrogen-bond donors (Lipinski definition) is 0. The van der Waals surface area contributed by atoms with Crippen LogP contribution in [0.5, 0.6) is 0 Å². The van der Waals surface area contributed by atoms with E-state index >= 15 is 0 Å². The van der Waals surface area contributed by atoms with E-state index in [-0.39, 0.29) is 17.3 Å². The zero-order valence-corrected chi connectivity index (χ0v) is 16.8. The predicted molar refractivity (Wildman–Crippen MR) is 110 cm³/mol. The van der Waals surface area contributed by atoms with E-state index in [0.29, 0.717) is 30.5 Å². The minimum absolute atomic E-state index is 0.114. The highest BCUT2D eigenvalue weighted by Gasteiger charge is 2.46. The number of benzene rings is 1. The number of ether oxygens (including phenoxy) is 1. The number of nitrogens with zero attached hydrogens (tertiary/aromatic N) is 5. The van der Waals surface area contributed by atoms with Crippen molar-refractivity contribution in [1.82, 2.24) is 19.9 Å². The molecule has 0 bridgehead atoms. The lowest BCUT2D eigenvalue weighted by atomic mass is 9.85. The molecule has 158 valence electrons. The smallest absolute Gasteiger partial charge is 0.197 e. The second-order valence-electron chi connectivity index (χ2n) is 8.86. The third-order valence-electron chi connectivity index (χ3n) is 6.71. The van der Waals surface area contributed by atoms with Crippen LogP contribution >= 0.6 is 0 Å². The van der Waals surface area contributed by atoms with Crippen molar-refractivity contribution in [2.75, 3.05) is 31.2 Å². The van der Waals surface area contributed by atoms with Crippen LogP contribution in [0.2, 0.25) is 0 Å².